The lowest BCUT2D eigenvalue weighted by Gasteiger charge is -2.42. The number of aromatic nitrogens is 2. The van der Waals surface area contributed by atoms with Crippen LogP contribution in [0.15, 0.2) is 36.5 Å². The molecule has 6 rings (SSSR count). The number of carbonyl (C=O) groups excluding carboxylic acids is 3. The van der Waals surface area contributed by atoms with Gasteiger partial charge in [-0.3, -0.25) is 19.1 Å². The van der Waals surface area contributed by atoms with Crippen LogP contribution in [-0.2, 0) is 22.1 Å². The van der Waals surface area contributed by atoms with E-state index in [0.29, 0.717) is 29.8 Å². The van der Waals surface area contributed by atoms with E-state index >= 15 is 0 Å². The predicted octanol–water partition coefficient (Wildman–Crippen LogP) is 4.25. The van der Waals surface area contributed by atoms with E-state index in [1.807, 2.05) is 24.3 Å². The van der Waals surface area contributed by atoms with Crippen LogP contribution in [0.25, 0.3) is 0 Å². The van der Waals surface area contributed by atoms with Crippen molar-refractivity contribution in [3.8, 4) is 0 Å². The molecule has 232 valence electrons. The van der Waals surface area contributed by atoms with E-state index in [9.17, 15) is 14.4 Å². The van der Waals surface area contributed by atoms with E-state index in [4.69, 9.17) is 0 Å². The highest BCUT2D eigenvalue weighted by Crippen LogP contribution is 2.58. The average Bonchev–Trinajstić information content (AvgIpc) is 3.30. The Kier molecular flexibility index (Phi) is 8.13. The Morgan fingerprint density at radius 3 is 2.26 bits per heavy atom. The highest BCUT2D eigenvalue weighted by molar-refractivity contribution is 6.01. The van der Waals surface area contributed by atoms with E-state index in [2.05, 4.69) is 46.8 Å². The van der Waals surface area contributed by atoms with E-state index in [0.717, 1.165) is 44.2 Å². The fourth-order valence-electron chi connectivity index (χ4n) is 7.77. The van der Waals surface area contributed by atoms with Gasteiger partial charge >= 0.3 is 0 Å². The lowest BCUT2D eigenvalue weighted by atomic mass is 9.66. The van der Waals surface area contributed by atoms with Gasteiger partial charge in [-0.15, -0.1) is 0 Å². The molecule has 0 bridgehead atoms. The monoisotopic (exact) mass is 588 g/mol. The quantitative estimate of drug-likeness (QED) is 0.364. The van der Waals surface area contributed by atoms with Crippen molar-refractivity contribution < 1.29 is 14.4 Å². The molecule has 3 aliphatic carbocycles. The van der Waals surface area contributed by atoms with Crippen LogP contribution in [0.1, 0.15) is 87.7 Å². The van der Waals surface area contributed by atoms with Gasteiger partial charge in [-0.05, 0) is 99.6 Å². The number of nitrogens with one attached hydrogen (secondary N) is 3. The number of benzene rings is 1. The zero-order valence-corrected chi connectivity index (χ0v) is 26.2. The highest BCUT2D eigenvalue weighted by atomic mass is 16.2. The molecule has 1 aromatic carbocycles. The molecule has 2 heterocycles. The summed E-state index contributed by atoms with van der Waals surface area (Å²) in [6.45, 7) is 5.87. The fourth-order valence-corrected chi connectivity index (χ4v) is 7.77. The minimum absolute atomic E-state index is 0.0440. The number of carbonyl (C=O) groups is 3. The van der Waals surface area contributed by atoms with Gasteiger partial charge in [0.15, 0.2) is 0 Å². The summed E-state index contributed by atoms with van der Waals surface area (Å²) in [4.78, 5) is 43.7. The SMILES string of the molecule is CC(NC(=O)C1(c2cccc(NC(=O)[C@@H](NC(=O)c3ccnn3C)C(C3CCC3)C3(C)CC3)c2)CCN(C)C1)C1CCC1. The molecular formula is C34H48N6O3. The fraction of sp³-hybridized carbons (Fsp3) is 0.647. The van der Waals surface area contributed by atoms with Crippen molar-refractivity contribution in [2.24, 2.45) is 30.2 Å². The number of amides is 3. The highest BCUT2D eigenvalue weighted by Gasteiger charge is 2.54. The molecule has 9 heteroatoms. The third kappa shape index (κ3) is 5.85. The van der Waals surface area contributed by atoms with Gasteiger partial charge in [0.25, 0.3) is 5.91 Å². The standard InChI is InChI=1S/C34H48N6O3/c1-22(23-8-5-9-23)36-32(43)34(17-19-39(3)21-34)25-12-7-13-26(20-25)37-31(42)29(38-30(41)27-14-18-35-40(27)4)28(24-10-6-11-24)33(2)15-16-33/h7,12-14,18,20,22-24,28-29H,5-6,8-11,15-17,19,21H2,1-4H3,(H,36,43)(H,37,42)(H,38,41)/t22?,28?,29-,34?/m0/s1. The molecule has 9 nitrogen and oxygen atoms in total. The molecule has 3 saturated carbocycles. The van der Waals surface area contributed by atoms with Gasteiger partial charge in [0.05, 0.1) is 5.41 Å². The van der Waals surface area contributed by atoms with Crippen molar-refractivity contribution in [3.63, 3.8) is 0 Å². The summed E-state index contributed by atoms with van der Waals surface area (Å²) in [5.41, 5.74) is 1.39. The molecule has 3 N–H and O–H groups in total. The van der Waals surface area contributed by atoms with Gasteiger partial charge in [0, 0.05) is 31.5 Å². The Morgan fingerprint density at radius 1 is 0.977 bits per heavy atom. The van der Waals surface area contributed by atoms with Crippen molar-refractivity contribution in [3.05, 3.63) is 47.8 Å². The first-order chi connectivity index (χ1) is 20.6. The average molecular weight is 589 g/mol. The molecule has 4 fully saturated rings. The van der Waals surface area contributed by atoms with E-state index in [-0.39, 0.29) is 35.1 Å². The van der Waals surface area contributed by atoms with Crippen molar-refractivity contribution in [2.45, 2.75) is 89.1 Å². The molecule has 1 aromatic heterocycles. The number of hydrogen-bond donors (Lipinski definition) is 3. The zero-order valence-electron chi connectivity index (χ0n) is 26.2. The van der Waals surface area contributed by atoms with Crippen LogP contribution in [-0.4, -0.2) is 64.6 Å². The number of likely N-dealkylation sites (N-methyl/N-ethyl adjacent to an activating group) is 1. The van der Waals surface area contributed by atoms with Gasteiger partial charge in [-0.25, -0.2) is 0 Å². The van der Waals surface area contributed by atoms with Crippen molar-refractivity contribution in [1.29, 1.82) is 0 Å². The Hall–Kier alpha value is -3.20. The summed E-state index contributed by atoms with van der Waals surface area (Å²) in [7, 11) is 3.80. The number of likely N-dealkylation sites (tertiary alicyclic amines) is 1. The van der Waals surface area contributed by atoms with E-state index in [1.54, 1.807) is 24.0 Å². The zero-order chi connectivity index (χ0) is 30.4. The van der Waals surface area contributed by atoms with Crippen LogP contribution in [0.5, 0.6) is 0 Å². The van der Waals surface area contributed by atoms with Gasteiger partial charge in [0.1, 0.15) is 11.7 Å². The summed E-state index contributed by atoms with van der Waals surface area (Å²) in [6.07, 6.45) is 11.4. The Morgan fingerprint density at radius 2 is 1.70 bits per heavy atom. The number of aryl methyl sites for hydroxylation is 1. The molecule has 1 aliphatic heterocycles. The van der Waals surface area contributed by atoms with Crippen LogP contribution >= 0.6 is 0 Å². The Balaban J connectivity index is 1.26. The third-order valence-electron chi connectivity index (χ3n) is 11.3. The molecule has 3 unspecified atom stereocenters. The minimum atomic E-state index is -0.670. The number of rotatable bonds is 11. The smallest absolute Gasteiger partial charge is 0.270 e. The summed E-state index contributed by atoms with van der Waals surface area (Å²) in [5.74, 6) is 0.634. The summed E-state index contributed by atoms with van der Waals surface area (Å²) >= 11 is 0. The van der Waals surface area contributed by atoms with Crippen LogP contribution in [0.3, 0.4) is 0 Å². The molecule has 4 aliphatic rings. The molecule has 43 heavy (non-hydrogen) atoms. The number of hydrogen-bond acceptors (Lipinski definition) is 5. The van der Waals surface area contributed by atoms with Crippen molar-refractivity contribution in [1.82, 2.24) is 25.3 Å². The molecule has 3 amide bonds. The molecule has 4 atom stereocenters. The van der Waals surface area contributed by atoms with Gasteiger partial charge in [0.2, 0.25) is 11.8 Å². The molecule has 0 radical (unpaired) electrons. The first kappa shape index (κ1) is 29.9. The Bertz CT molecular complexity index is 1360. The minimum Gasteiger partial charge on any atom is -0.353 e. The molecule has 2 aromatic rings. The third-order valence-corrected chi connectivity index (χ3v) is 11.3. The maximum absolute atomic E-state index is 14.2. The predicted molar refractivity (Wildman–Crippen MR) is 166 cm³/mol. The first-order valence-corrected chi connectivity index (χ1v) is 16.3. The second kappa shape index (κ2) is 11.7. The number of nitrogens with zero attached hydrogens (tertiary/aromatic N) is 3. The van der Waals surface area contributed by atoms with E-state index < -0.39 is 11.5 Å². The second-order valence-corrected chi connectivity index (χ2v) is 14.3. The lowest BCUT2D eigenvalue weighted by molar-refractivity contribution is -0.127. The van der Waals surface area contributed by atoms with E-state index in [1.165, 1.54) is 25.7 Å². The van der Waals surface area contributed by atoms with Crippen LogP contribution in [0, 0.1) is 23.2 Å². The van der Waals surface area contributed by atoms with Crippen molar-refractivity contribution in [2.75, 3.05) is 25.5 Å². The van der Waals surface area contributed by atoms with Crippen molar-refractivity contribution >= 4 is 23.4 Å². The van der Waals surface area contributed by atoms with Gasteiger partial charge < -0.3 is 20.9 Å². The van der Waals surface area contributed by atoms with Gasteiger partial charge in [-0.2, -0.15) is 5.10 Å². The Labute approximate surface area is 255 Å². The summed E-state index contributed by atoms with van der Waals surface area (Å²) in [6, 6.07) is 8.99. The van der Waals surface area contributed by atoms with Gasteiger partial charge in [-0.1, -0.05) is 44.7 Å². The largest absolute Gasteiger partial charge is 0.353 e. The molecule has 1 saturated heterocycles. The maximum atomic E-state index is 14.2. The van der Waals surface area contributed by atoms with Crippen LogP contribution < -0.4 is 16.0 Å². The van der Waals surface area contributed by atoms with Crippen LogP contribution in [0.4, 0.5) is 5.69 Å². The maximum Gasteiger partial charge on any atom is 0.270 e. The first-order valence-electron chi connectivity index (χ1n) is 16.3. The molecule has 0 spiro atoms. The topological polar surface area (TPSA) is 108 Å². The summed E-state index contributed by atoms with van der Waals surface area (Å²) in [5, 5.41) is 13.8. The summed E-state index contributed by atoms with van der Waals surface area (Å²) < 4.78 is 1.54. The number of anilines is 1. The molecular weight excluding hydrogens is 540 g/mol. The second-order valence-electron chi connectivity index (χ2n) is 14.3. The normalized spacial score (nSPS) is 25.6. The van der Waals surface area contributed by atoms with Crippen LogP contribution in [0.2, 0.25) is 0 Å². The lowest BCUT2D eigenvalue weighted by Crippen LogP contribution is -2.54.